The van der Waals surface area contributed by atoms with Crippen molar-refractivity contribution in [2.45, 2.75) is 18.9 Å². The van der Waals surface area contributed by atoms with Crippen molar-refractivity contribution < 1.29 is 4.79 Å². The Balaban J connectivity index is 1.46. The quantitative estimate of drug-likeness (QED) is 0.734. The molecule has 6 nitrogen and oxygen atoms in total. The number of carbonyl (C=O) groups is 1. The van der Waals surface area contributed by atoms with Crippen molar-refractivity contribution in [3.63, 3.8) is 0 Å². The Bertz CT molecular complexity index is 400. The van der Waals surface area contributed by atoms with Crippen LogP contribution in [0.1, 0.15) is 12.8 Å². The summed E-state index contributed by atoms with van der Waals surface area (Å²) in [5.74, 6) is 0.443. The monoisotopic (exact) mass is 295 g/mol. The molecule has 0 radical (unpaired) electrons. The van der Waals surface area contributed by atoms with Gasteiger partial charge in [-0.3, -0.25) is 4.79 Å². The summed E-state index contributed by atoms with van der Waals surface area (Å²) >= 11 is 1.69. The molecule has 7 heteroatoms. The van der Waals surface area contributed by atoms with Crippen LogP contribution in [0, 0.1) is 17.2 Å². The number of carbonyl (C=O) groups excluding carboxylic acids is 1. The van der Waals surface area contributed by atoms with Gasteiger partial charge in [-0.05, 0) is 12.8 Å². The third-order valence-corrected chi connectivity index (χ3v) is 5.21. The standard InChI is InChI=1S/C13H21N5OS/c14-7-11-8-18(9-11)20-17-6-3-15-12(10-17)13(19)16-4-1-2-5-16/h11-12,15H,1-6,8-10H2. The minimum atomic E-state index is -0.0672. The summed E-state index contributed by atoms with van der Waals surface area (Å²) < 4.78 is 4.46. The van der Waals surface area contributed by atoms with Crippen LogP contribution in [0.15, 0.2) is 0 Å². The first-order chi connectivity index (χ1) is 9.76. The molecule has 0 aromatic rings. The SMILES string of the molecule is N#CC1CN(SN2CCNC(C(=O)N3CCCC3)C2)C1. The van der Waals surface area contributed by atoms with Crippen LogP contribution in [-0.4, -0.2) is 71.3 Å². The lowest BCUT2D eigenvalue weighted by molar-refractivity contribution is -0.133. The number of nitrogens with zero attached hydrogens (tertiary/aromatic N) is 4. The van der Waals surface area contributed by atoms with Gasteiger partial charge in [0.05, 0.1) is 12.0 Å². The van der Waals surface area contributed by atoms with E-state index in [1.807, 2.05) is 4.90 Å². The smallest absolute Gasteiger partial charge is 0.241 e. The topological polar surface area (TPSA) is 62.6 Å². The molecule has 3 fully saturated rings. The zero-order valence-corrected chi connectivity index (χ0v) is 12.4. The fourth-order valence-corrected chi connectivity index (χ4v) is 4.08. The first-order valence-electron chi connectivity index (χ1n) is 7.36. The molecule has 1 unspecified atom stereocenters. The van der Waals surface area contributed by atoms with Crippen LogP contribution in [0.4, 0.5) is 0 Å². The van der Waals surface area contributed by atoms with Gasteiger partial charge in [0.2, 0.25) is 5.91 Å². The van der Waals surface area contributed by atoms with E-state index in [0.717, 1.165) is 58.7 Å². The molecule has 0 aromatic carbocycles. The van der Waals surface area contributed by atoms with E-state index in [2.05, 4.69) is 20.0 Å². The van der Waals surface area contributed by atoms with Gasteiger partial charge < -0.3 is 10.2 Å². The largest absolute Gasteiger partial charge is 0.341 e. The summed E-state index contributed by atoms with van der Waals surface area (Å²) in [5, 5.41) is 12.1. The molecular weight excluding hydrogens is 274 g/mol. The van der Waals surface area contributed by atoms with Gasteiger partial charge in [-0.1, -0.05) is 0 Å². The molecule has 0 aliphatic carbocycles. The molecule has 0 spiro atoms. The van der Waals surface area contributed by atoms with Gasteiger partial charge in [-0.25, -0.2) is 8.61 Å². The first-order valence-corrected chi connectivity index (χ1v) is 8.09. The predicted molar refractivity (Wildman–Crippen MR) is 77.4 cm³/mol. The Labute approximate surface area is 124 Å². The van der Waals surface area contributed by atoms with Gasteiger partial charge in [-0.15, -0.1) is 0 Å². The van der Waals surface area contributed by atoms with Gasteiger partial charge in [0.1, 0.15) is 6.04 Å². The van der Waals surface area contributed by atoms with Crippen LogP contribution in [-0.2, 0) is 4.79 Å². The van der Waals surface area contributed by atoms with E-state index in [1.54, 1.807) is 12.1 Å². The summed E-state index contributed by atoms with van der Waals surface area (Å²) in [6.45, 7) is 6.08. The molecule has 0 saturated carbocycles. The Morgan fingerprint density at radius 3 is 2.60 bits per heavy atom. The van der Waals surface area contributed by atoms with Crippen molar-refractivity contribution in [2.24, 2.45) is 5.92 Å². The zero-order chi connectivity index (χ0) is 13.9. The number of nitrogens with one attached hydrogen (secondary N) is 1. The van der Waals surface area contributed by atoms with E-state index in [9.17, 15) is 4.79 Å². The second-order valence-corrected chi connectivity index (χ2v) is 6.88. The maximum atomic E-state index is 12.4. The Morgan fingerprint density at radius 2 is 1.90 bits per heavy atom. The highest BCUT2D eigenvalue weighted by Crippen LogP contribution is 2.27. The minimum Gasteiger partial charge on any atom is -0.341 e. The lowest BCUT2D eigenvalue weighted by Gasteiger charge is -2.40. The van der Waals surface area contributed by atoms with E-state index in [0.29, 0.717) is 0 Å². The molecule has 0 bridgehead atoms. The van der Waals surface area contributed by atoms with Crippen LogP contribution in [0.25, 0.3) is 0 Å². The van der Waals surface area contributed by atoms with Gasteiger partial charge in [0.15, 0.2) is 0 Å². The highest BCUT2D eigenvalue weighted by molar-refractivity contribution is 7.94. The van der Waals surface area contributed by atoms with Crippen LogP contribution in [0.3, 0.4) is 0 Å². The maximum absolute atomic E-state index is 12.4. The fraction of sp³-hybridized carbons (Fsp3) is 0.846. The summed E-state index contributed by atoms with van der Waals surface area (Å²) in [7, 11) is 0. The number of hydrogen-bond acceptors (Lipinski definition) is 6. The van der Waals surface area contributed by atoms with E-state index in [1.165, 1.54) is 0 Å². The van der Waals surface area contributed by atoms with E-state index in [4.69, 9.17) is 5.26 Å². The van der Waals surface area contributed by atoms with Crippen LogP contribution >= 0.6 is 12.1 Å². The molecule has 3 rings (SSSR count). The number of piperazine rings is 1. The normalized spacial score (nSPS) is 29.1. The summed E-state index contributed by atoms with van der Waals surface area (Å²) in [4.78, 5) is 14.4. The van der Waals surface area contributed by atoms with Crippen molar-refractivity contribution in [3.8, 4) is 6.07 Å². The molecule has 20 heavy (non-hydrogen) atoms. The van der Waals surface area contributed by atoms with E-state index >= 15 is 0 Å². The van der Waals surface area contributed by atoms with Crippen LogP contribution in [0.2, 0.25) is 0 Å². The molecule has 1 atom stereocenters. The summed E-state index contributed by atoms with van der Waals surface area (Å²) in [6.07, 6.45) is 2.28. The number of nitriles is 1. The summed E-state index contributed by atoms with van der Waals surface area (Å²) in [6, 6.07) is 2.22. The number of rotatable bonds is 3. The average molecular weight is 295 g/mol. The number of amides is 1. The van der Waals surface area contributed by atoms with Crippen molar-refractivity contribution in [1.82, 2.24) is 18.8 Å². The van der Waals surface area contributed by atoms with E-state index in [-0.39, 0.29) is 17.9 Å². The molecule has 3 saturated heterocycles. The second kappa shape index (κ2) is 6.31. The first kappa shape index (κ1) is 14.1. The predicted octanol–water partition coefficient (Wildman–Crippen LogP) is -0.0988. The van der Waals surface area contributed by atoms with Crippen molar-refractivity contribution >= 4 is 18.0 Å². The molecule has 0 aromatic heterocycles. The minimum absolute atomic E-state index is 0.0672. The van der Waals surface area contributed by atoms with Gasteiger partial charge in [-0.2, -0.15) is 5.26 Å². The van der Waals surface area contributed by atoms with Crippen LogP contribution < -0.4 is 5.32 Å². The van der Waals surface area contributed by atoms with Crippen molar-refractivity contribution in [1.29, 1.82) is 5.26 Å². The van der Waals surface area contributed by atoms with Crippen LogP contribution in [0.5, 0.6) is 0 Å². The highest BCUT2D eigenvalue weighted by Gasteiger charge is 2.34. The zero-order valence-electron chi connectivity index (χ0n) is 11.6. The molecule has 1 amide bonds. The number of likely N-dealkylation sites (tertiary alicyclic amines) is 1. The van der Waals surface area contributed by atoms with Gasteiger partial charge >= 0.3 is 0 Å². The molecular formula is C13H21N5OS. The highest BCUT2D eigenvalue weighted by atomic mass is 32.2. The van der Waals surface area contributed by atoms with Crippen molar-refractivity contribution in [2.75, 3.05) is 45.8 Å². The third-order valence-electron chi connectivity index (χ3n) is 4.12. The molecule has 1 N–H and O–H groups in total. The summed E-state index contributed by atoms with van der Waals surface area (Å²) in [5.41, 5.74) is 0. The number of hydrogen-bond donors (Lipinski definition) is 1. The molecule has 3 aliphatic rings. The van der Waals surface area contributed by atoms with Crippen molar-refractivity contribution in [3.05, 3.63) is 0 Å². The Hall–Kier alpha value is -0.810. The second-order valence-electron chi connectivity index (χ2n) is 5.68. The van der Waals surface area contributed by atoms with Gasteiger partial charge in [0.25, 0.3) is 0 Å². The molecule has 110 valence electrons. The van der Waals surface area contributed by atoms with Gasteiger partial charge in [0, 0.05) is 57.9 Å². The lowest BCUT2D eigenvalue weighted by Crippen LogP contribution is -2.57. The fourth-order valence-electron chi connectivity index (χ4n) is 2.87. The third kappa shape index (κ3) is 3.09. The average Bonchev–Trinajstić information content (AvgIpc) is 2.96. The Kier molecular flexibility index (Phi) is 4.46. The molecule has 3 aliphatic heterocycles. The Morgan fingerprint density at radius 1 is 1.15 bits per heavy atom. The maximum Gasteiger partial charge on any atom is 0.241 e. The lowest BCUT2D eigenvalue weighted by atomic mass is 10.1. The molecule has 3 heterocycles. The van der Waals surface area contributed by atoms with E-state index < -0.39 is 0 Å².